The molecule has 2 N–H and O–H groups in total. The average Bonchev–Trinajstić information content (AvgIpc) is 2.97. The van der Waals surface area contributed by atoms with Crippen molar-refractivity contribution in [2.45, 2.75) is 46.1 Å². The molecule has 2 aliphatic carbocycles. The first-order valence-electron chi connectivity index (χ1n) is 7.62. The number of fused-ring (bicyclic) bond motifs is 3. The van der Waals surface area contributed by atoms with Gasteiger partial charge in [-0.3, -0.25) is 4.57 Å². The van der Waals surface area contributed by atoms with Crippen molar-refractivity contribution in [3.8, 4) is 0 Å². The van der Waals surface area contributed by atoms with E-state index in [1.807, 2.05) is 12.3 Å². The molecule has 0 radical (unpaired) electrons. The molecule has 0 aromatic carbocycles. The first kappa shape index (κ1) is 13.6. The summed E-state index contributed by atoms with van der Waals surface area (Å²) < 4.78 is 3.15. The normalized spacial score (nSPS) is 33.9. The Morgan fingerprint density at radius 2 is 2.14 bits per heavy atom. The van der Waals surface area contributed by atoms with E-state index in [2.05, 4.69) is 51.2 Å². The molecule has 21 heavy (non-hydrogen) atoms. The van der Waals surface area contributed by atoms with Crippen LogP contribution in [0.2, 0.25) is 0 Å². The summed E-state index contributed by atoms with van der Waals surface area (Å²) in [5.41, 5.74) is 8.64. The van der Waals surface area contributed by atoms with Crippen molar-refractivity contribution in [3.63, 3.8) is 0 Å². The number of rotatable bonds is 1. The molecule has 5 heteroatoms. The Morgan fingerprint density at radius 3 is 2.81 bits per heavy atom. The zero-order valence-corrected chi connectivity index (χ0v) is 14.3. The van der Waals surface area contributed by atoms with Crippen molar-refractivity contribution >= 4 is 33.0 Å². The number of imidazole rings is 1. The molecule has 2 heterocycles. The van der Waals surface area contributed by atoms with Gasteiger partial charge < -0.3 is 5.73 Å². The highest BCUT2D eigenvalue weighted by Gasteiger charge is 2.60. The van der Waals surface area contributed by atoms with Gasteiger partial charge in [-0.15, -0.1) is 0 Å². The number of aromatic nitrogens is 3. The Balaban J connectivity index is 1.96. The minimum absolute atomic E-state index is 0.240. The van der Waals surface area contributed by atoms with E-state index in [0.717, 1.165) is 21.6 Å². The maximum Gasteiger partial charge on any atom is 0.202 e. The first-order valence-corrected chi connectivity index (χ1v) is 8.41. The van der Waals surface area contributed by atoms with E-state index >= 15 is 0 Å². The molecule has 3 unspecified atom stereocenters. The molecule has 2 bridgehead atoms. The van der Waals surface area contributed by atoms with Crippen molar-refractivity contribution in [2.24, 2.45) is 16.7 Å². The molecule has 2 aliphatic rings. The third kappa shape index (κ3) is 1.67. The van der Waals surface area contributed by atoms with Crippen LogP contribution < -0.4 is 5.73 Å². The fraction of sp³-hybridized carbons (Fsp3) is 0.625. The van der Waals surface area contributed by atoms with Crippen LogP contribution in [0.3, 0.4) is 0 Å². The lowest BCUT2D eigenvalue weighted by atomic mass is 9.68. The maximum absolute atomic E-state index is 6.29. The van der Waals surface area contributed by atoms with Crippen LogP contribution in [0.25, 0.3) is 11.2 Å². The Kier molecular flexibility index (Phi) is 2.58. The van der Waals surface area contributed by atoms with E-state index in [1.54, 1.807) is 0 Å². The van der Waals surface area contributed by atoms with Crippen LogP contribution >= 0.6 is 15.9 Å². The minimum Gasteiger partial charge on any atom is -0.369 e. The van der Waals surface area contributed by atoms with Crippen molar-refractivity contribution < 1.29 is 0 Å². The van der Waals surface area contributed by atoms with Gasteiger partial charge in [-0.05, 0) is 58.0 Å². The number of nitrogens with zero attached hydrogens (tertiary/aromatic N) is 3. The van der Waals surface area contributed by atoms with E-state index in [-0.39, 0.29) is 5.41 Å². The highest BCUT2D eigenvalue weighted by atomic mass is 79.9. The monoisotopic (exact) mass is 348 g/mol. The standard InChI is InChI=1S/C16H21BrN4/c1-15(2)9-4-5-16(3,7-9)13(15)21-12-11(20-14(21)18)6-10(17)8-19-12/h6,8-9,13H,4-5,7H2,1-3H3,(H2,18,20). The van der Waals surface area contributed by atoms with Gasteiger partial charge in [0, 0.05) is 16.7 Å². The Hall–Kier alpha value is -1.10. The van der Waals surface area contributed by atoms with Gasteiger partial charge in [-0.1, -0.05) is 20.8 Å². The Morgan fingerprint density at radius 1 is 1.38 bits per heavy atom. The second kappa shape index (κ2) is 4.00. The van der Waals surface area contributed by atoms with Gasteiger partial charge in [0.15, 0.2) is 5.65 Å². The lowest BCUT2D eigenvalue weighted by Crippen LogP contribution is -2.37. The van der Waals surface area contributed by atoms with Crippen LogP contribution in [-0.4, -0.2) is 14.5 Å². The van der Waals surface area contributed by atoms with Crippen LogP contribution in [0.15, 0.2) is 16.7 Å². The van der Waals surface area contributed by atoms with Gasteiger partial charge in [-0.2, -0.15) is 0 Å². The lowest BCUT2D eigenvalue weighted by Gasteiger charge is -2.43. The van der Waals surface area contributed by atoms with Crippen LogP contribution in [0.5, 0.6) is 0 Å². The van der Waals surface area contributed by atoms with Gasteiger partial charge in [0.05, 0.1) is 0 Å². The first-order chi connectivity index (χ1) is 9.83. The van der Waals surface area contributed by atoms with Crippen LogP contribution in [0, 0.1) is 16.7 Å². The van der Waals surface area contributed by atoms with Gasteiger partial charge in [-0.25, -0.2) is 9.97 Å². The summed E-state index contributed by atoms with van der Waals surface area (Å²) >= 11 is 3.46. The average molecular weight is 349 g/mol. The van der Waals surface area contributed by atoms with E-state index in [1.165, 1.54) is 19.3 Å². The van der Waals surface area contributed by atoms with E-state index in [4.69, 9.17) is 5.73 Å². The highest BCUT2D eigenvalue weighted by molar-refractivity contribution is 9.10. The second-order valence-corrected chi connectivity index (χ2v) is 8.57. The van der Waals surface area contributed by atoms with Crippen LogP contribution in [0.1, 0.15) is 46.1 Å². The number of anilines is 1. The number of pyridine rings is 1. The van der Waals surface area contributed by atoms with Gasteiger partial charge in [0.1, 0.15) is 5.52 Å². The second-order valence-electron chi connectivity index (χ2n) is 7.65. The molecule has 2 aromatic heterocycles. The number of nitrogen functional groups attached to an aromatic ring is 1. The molecule has 0 spiro atoms. The van der Waals surface area contributed by atoms with Crippen molar-refractivity contribution in [3.05, 3.63) is 16.7 Å². The topological polar surface area (TPSA) is 56.7 Å². The predicted octanol–water partition coefficient (Wildman–Crippen LogP) is 4.16. The summed E-state index contributed by atoms with van der Waals surface area (Å²) in [5, 5.41) is 0. The molecule has 4 nitrogen and oxygen atoms in total. The number of halogens is 1. The fourth-order valence-corrected chi connectivity index (χ4v) is 5.47. The van der Waals surface area contributed by atoms with Crippen molar-refractivity contribution in [1.29, 1.82) is 0 Å². The highest BCUT2D eigenvalue weighted by Crippen LogP contribution is 2.68. The molecule has 2 aromatic rings. The Labute approximate surface area is 133 Å². The fourth-order valence-electron chi connectivity index (χ4n) is 5.15. The summed E-state index contributed by atoms with van der Waals surface area (Å²) in [5.74, 6) is 1.38. The zero-order valence-electron chi connectivity index (χ0n) is 12.7. The van der Waals surface area contributed by atoms with Crippen molar-refractivity contribution in [1.82, 2.24) is 14.5 Å². The molecular weight excluding hydrogens is 328 g/mol. The van der Waals surface area contributed by atoms with Crippen LogP contribution in [0.4, 0.5) is 5.95 Å². The molecular formula is C16H21BrN4. The molecule has 4 rings (SSSR count). The van der Waals surface area contributed by atoms with Gasteiger partial charge in [0.25, 0.3) is 0 Å². The molecule has 0 saturated heterocycles. The summed E-state index contributed by atoms with van der Waals surface area (Å²) in [7, 11) is 0. The number of hydrogen-bond acceptors (Lipinski definition) is 3. The summed E-state index contributed by atoms with van der Waals surface area (Å²) in [6.45, 7) is 7.18. The van der Waals surface area contributed by atoms with Gasteiger partial charge in [0.2, 0.25) is 5.95 Å². The molecule has 0 aliphatic heterocycles. The number of nitrogens with two attached hydrogens (primary N) is 1. The molecule has 0 amide bonds. The molecule has 112 valence electrons. The maximum atomic E-state index is 6.29. The molecule has 3 atom stereocenters. The summed E-state index contributed by atoms with van der Waals surface area (Å²) in [6.07, 6.45) is 5.75. The summed E-state index contributed by atoms with van der Waals surface area (Å²) in [6, 6.07) is 2.37. The smallest absolute Gasteiger partial charge is 0.202 e. The summed E-state index contributed by atoms with van der Waals surface area (Å²) in [4.78, 5) is 9.15. The SMILES string of the molecule is CC12CCC(C1)C(C)(C)C2n1c(N)nc2cc(Br)cnc21. The van der Waals surface area contributed by atoms with Crippen molar-refractivity contribution in [2.75, 3.05) is 5.73 Å². The lowest BCUT2D eigenvalue weighted by molar-refractivity contribution is 0.0878. The minimum atomic E-state index is 0.240. The van der Waals surface area contributed by atoms with E-state index in [9.17, 15) is 0 Å². The molecule has 2 fully saturated rings. The van der Waals surface area contributed by atoms with Gasteiger partial charge >= 0.3 is 0 Å². The number of hydrogen-bond donors (Lipinski definition) is 1. The predicted molar refractivity (Wildman–Crippen MR) is 87.9 cm³/mol. The quantitative estimate of drug-likeness (QED) is 0.841. The van der Waals surface area contributed by atoms with Crippen LogP contribution in [-0.2, 0) is 0 Å². The van der Waals surface area contributed by atoms with E-state index < -0.39 is 0 Å². The zero-order chi connectivity index (χ0) is 15.0. The molecule has 2 saturated carbocycles. The largest absolute Gasteiger partial charge is 0.369 e. The third-order valence-electron chi connectivity index (χ3n) is 5.98. The third-order valence-corrected chi connectivity index (χ3v) is 6.41. The Bertz CT molecular complexity index is 730. The van der Waals surface area contributed by atoms with E-state index in [0.29, 0.717) is 17.4 Å².